The van der Waals surface area contributed by atoms with Gasteiger partial charge in [0.15, 0.2) is 5.75 Å². The minimum absolute atomic E-state index is 0.247. The van der Waals surface area contributed by atoms with Crippen molar-refractivity contribution in [1.29, 1.82) is 0 Å². The molecule has 0 spiro atoms. The number of aryl methyl sites for hydroxylation is 1. The Morgan fingerprint density at radius 2 is 1.38 bits per heavy atom. The number of piperazine rings is 1. The second kappa shape index (κ2) is 10.2. The molecule has 2 aromatic rings. The molecule has 0 aliphatic carbocycles. The summed E-state index contributed by atoms with van der Waals surface area (Å²) >= 11 is 0. The van der Waals surface area contributed by atoms with Crippen molar-refractivity contribution >= 4 is 10.0 Å². The standard InChI is InChI=1S/C25H25F9N2O3S/c1-15-10-16(11-35-12-19-7-8-20(13-35)36(19)40(38,39)14-22(26,27)28)2-9-21(15)17-3-5-18(6-4-17)23(37,24(29,30)31)25(32,33)34/h2-6,9-10,19-20,37H,7-8,11-14H2,1H3. The van der Waals surface area contributed by atoms with Crippen LogP contribution < -0.4 is 0 Å². The Morgan fingerprint density at radius 3 is 1.82 bits per heavy atom. The third-order valence-corrected chi connectivity index (χ3v) is 9.22. The predicted molar refractivity (Wildman–Crippen MR) is 126 cm³/mol. The Labute approximate surface area is 224 Å². The van der Waals surface area contributed by atoms with Crippen molar-refractivity contribution in [1.82, 2.24) is 9.21 Å². The van der Waals surface area contributed by atoms with Gasteiger partial charge < -0.3 is 5.11 Å². The van der Waals surface area contributed by atoms with E-state index < -0.39 is 57.6 Å². The fourth-order valence-electron chi connectivity index (χ4n) is 5.60. The molecule has 2 fully saturated rings. The molecule has 40 heavy (non-hydrogen) atoms. The number of nitrogens with zero attached hydrogens (tertiary/aromatic N) is 2. The summed E-state index contributed by atoms with van der Waals surface area (Å²) in [6.45, 7) is 2.55. The van der Waals surface area contributed by atoms with E-state index >= 15 is 0 Å². The molecule has 222 valence electrons. The molecule has 1 N–H and O–H groups in total. The van der Waals surface area contributed by atoms with Crippen LogP contribution in [0.15, 0.2) is 42.5 Å². The summed E-state index contributed by atoms with van der Waals surface area (Å²) in [5.74, 6) is -1.90. The quantitative estimate of drug-likeness (QED) is 0.442. The van der Waals surface area contributed by atoms with Gasteiger partial charge in [-0.2, -0.15) is 43.8 Å². The fraction of sp³-hybridized carbons (Fsp3) is 0.520. The molecule has 0 saturated carbocycles. The van der Waals surface area contributed by atoms with Crippen molar-refractivity contribution in [3.05, 3.63) is 59.2 Å². The lowest BCUT2D eigenvalue weighted by Gasteiger charge is -2.40. The van der Waals surface area contributed by atoms with E-state index in [9.17, 15) is 53.0 Å². The van der Waals surface area contributed by atoms with Crippen LogP contribution in [-0.4, -0.2) is 72.2 Å². The molecule has 0 radical (unpaired) electrons. The van der Waals surface area contributed by atoms with E-state index in [0.717, 1.165) is 22.0 Å². The number of sulfonamides is 1. The first-order valence-electron chi connectivity index (χ1n) is 12.1. The van der Waals surface area contributed by atoms with E-state index in [2.05, 4.69) is 0 Å². The smallest absolute Gasteiger partial charge is 0.369 e. The molecule has 5 nitrogen and oxygen atoms in total. The Kier molecular flexibility index (Phi) is 7.78. The lowest BCUT2D eigenvalue weighted by Crippen LogP contribution is -2.56. The fourth-order valence-corrected chi connectivity index (χ4v) is 7.42. The van der Waals surface area contributed by atoms with Crippen LogP contribution in [0.2, 0.25) is 0 Å². The maximum Gasteiger partial charge on any atom is 0.430 e. The number of hydrogen-bond acceptors (Lipinski definition) is 4. The normalized spacial score (nSPS) is 21.7. The number of likely N-dealkylation sites (tertiary alicyclic amines) is 1. The number of benzene rings is 2. The van der Waals surface area contributed by atoms with Crippen molar-refractivity contribution in [3.8, 4) is 11.1 Å². The van der Waals surface area contributed by atoms with Crippen molar-refractivity contribution in [3.63, 3.8) is 0 Å². The van der Waals surface area contributed by atoms with E-state index in [-0.39, 0.29) is 13.1 Å². The Balaban J connectivity index is 1.48. The van der Waals surface area contributed by atoms with Gasteiger partial charge in [0.1, 0.15) is 0 Å². The molecule has 2 saturated heterocycles. The van der Waals surface area contributed by atoms with Gasteiger partial charge in [-0.3, -0.25) is 4.90 Å². The predicted octanol–water partition coefficient (Wildman–Crippen LogP) is 5.51. The van der Waals surface area contributed by atoms with Crippen LogP contribution in [0.25, 0.3) is 11.1 Å². The molecular weight excluding hydrogens is 579 g/mol. The summed E-state index contributed by atoms with van der Waals surface area (Å²) < 4.78 is 143. The summed E-state index contributed by atoms with van der Waals surface area (Å²) in [5.41, 5.74) is -4.10. The Bertz CT molecular complexity index is 1310. The first kappa shape index (κ1) is 30.6. The summed E-state index contributed by atoms with van der Waals surface area (Å²) in [6.07, 6.45) is -15.9. The summed E-state index contributed by atoms with van der Waals surface area (Å²) in [6, 6.07) is 7.21. The van der Waals surface area contributed by atoms with Gasteiger partial charge in [-0.15, -0.1) is 0 Å². The van der Waals surface area contributed by atoms with E-state index in [1.54, 1.807) is 25.1 Å². The Hall–Kier alpha value is -2.36. The van der Waals surface area contributed by atoms with Gasteiger partial charge in [-0.05, 0) is 42.0 Å². The SMILES string of the molecule is Cc1cc(CN2CC3CCC(C2)N3S(=O)(=O)CC(F)(F)F)ccc1-c1ccc(C(O)(C(F)(F)F)C(F)(F)F)cc1. The molecule has 15 heteroatoms. The van der Waals surface area contributed by atoms with Crippen molar-refractivity contribution in [2.75, 3.05) is 18.8 Å². The van der Waals surface area contributed by atoms with Gasteiger partial charge in [0.05, 0.1) is 0 Å². The number of rotatable bonds is 6. The van der Waals surface area contributed by atoms with Crippen LogP contribution in [0.5, 0.6) is 0 Å². The largest absolute Gasteiger partial charge is 0.430 e. The molecule has 2 unspecified atom stereocenters. The molecule has 2 heterocycles. The van der Waals surface area contributed by atoms with Crippen molar-refractivity contribution in [2.45, 2.75) is 62.5 Å². The first-order chi connectivity index (χ1) is 18.2. The van der Waals surface area contributed by atoms with E-state index in [1.165, 1.54) is 0 Å². The van der Waals surface area contributed by atoms with Crippen LogP contribution in [0.1, 0.15) is 29.5 Å². The molecule has 2 aliphatic rings. The van der Waals surface area contributed by atoms with Gasteiger partial charge in [0.2, 0.25) is 10.0 Å². The Morgan fingerprint density at radius 1 is 0.850 bits per heavy atom. The van der Waals surface area contributed by atoms with Gasteiger partial charge in [0, 0.05) is 37.3 Å². The van der Waals surface area contributed by atoms with Crippen LogP contribution in [0.4, 0.5) is 39.5 Å². The summed E-state index contributed by atoms with van der Waals surface area (Å²) in [4.78, 5) is 1.94. The third-order valence-electron chi connectivity index (χ3n) is 7.29. The molecule has 2 aliphatic heterocycles. The van der Waals surface area contributed by atoms with Crippen LogP contribution >= 0.6 is 0 Å². The topological polar surface area (TPSA) is 60.9 Å². The highest BCUT2D eigenvalue weighted by Gasteiger charge is 2.71. The van der Waals surface area contributed by atoms with E-state index in [4.69, 9.17) is 0 Å². The number of aliphatic hydroxyl groups is 1. The monoisotopic (exact) mass is 604 g/mol. The zero-order valence-electron chi connectivity index (χ0n) is 20.9. The van der Waals surface area contributed by atoms with Crippen LogP contribution in [-0.2, 0) is 22.2 Å². The van der Waals surface area contributed by atoms with Crippen molar-refractivity contribution < 1.29 is 53.0 Å². The summed E-state index contributed by atoms with van der Waals surface area (Å²) in [7, 11) is -4.50. The third kappa shape index (κ3) is 5.83. The molecule has 2 atom stereocenters. The molecule has 2 aromatic carbocycles. The highest BCUT2D eigenvalue weighted by Crippen LogP contribution is 2.50. The lowest BCUT2D eigenvalue weighted by atomic mass is 9.90. The molecular formula is C25H25F9N2O3S. The minimum atomic E-state index is -5.99. The maximum absolute atomic E-state index is 13.2. The first-order valence-corrected chi connectivity index (χ1v) is 13.7. The zero-order valence-corrected chi connectivity index (χ0v) is 21.7. The van der Waals surface area contributed by atoms with Crippen LogP contribution in [0, 0.1) is 6.92 Å². The maximum atomic E-state index is 13.2. The van der Waals surface area contributed by atoms with Gasteiger partial charge >= 0.3 is 18.5 Å². The zero-order chi connectivity index (χ0) is 29.9. The highest BCUT2D eigenvalue weighted by atomic mass is 32.2. The van der Waals surface area contributed by atoms with Gasteiger partial charge in [0.25, 0.3) is 5.60 Å². The lowest BCUT2D eigenvalue weighted by molar-refractivity contribution is -0.376. The molecule has 0 aromatic heterocycles. The van der Waals surface area contributed by atoms with Gasteiger partial charge in [-0.1, -0.05) is 42.5 Å². The number of hydrogen-bond donors (Lipinski definition) is 1. The highest BCUT2D eigenvalue weighted by molar-refractivity contribution is 7.89. The van der Waals surface area contributed by atoms with Gasteiger partial charge in [-0.25, -0.2) is 8.42 Å². The number of halogens is 9. The minimum Gasteiger partial charge on any atom is -0.369 e. The molecule has 0 amide bonds. The molecule has 4 rings (SSSR count). The summed E-state index contributed by atoms with van der Waals surface area (Å²) in [5, 5.41) is 9.58. The van der Waals surface area contributed by atoms with Crippen LogP contribution in [0.3, 0.4) is 0 Å². The number of fused-ring (bicyclic) bond motifs is 2. The van der Waals surface area contributed by atoms with Crippen molar-refractivity contribution in [2.24, 2.45) is 0 Å². The second-order valence-corrected chi connectivity index (χ2v) is 12.1. The van der Waals surface area contributed by atoms with E-state index in [1.807, 2.05) is 4.90 Å². The number of alkyl halides is 9. The second-order valence-electron chi connectivity index (χ2n) is 10.2. The average Bonchev–Trinajstić information content (AvgIpc) is 3.08. The van der Waals surface area contributed by atoms with E-state index in [0.29, 0.717) is 48.2 Å². The average molecular weight is 605 g/mol. The molecule has 2 bridgehead atoms.